The van der Waals surface area contributed by atoms with E-state index in [1.54, 1.807) is 30.0 Å². The van der Waals surface area contributed by atoms with Gasteiger partial charge in [0, 0.05) is 14.6 Å². The Bertz CT molecular complexity index is 738. The van der Waals surface area contributed by atoms with Crippen molar-refractivity contribution in [1.29, 1.82) is 0 Å². The van der Waals surface area contributed by atoms with Gasteiger partial charge in [0.1, 0.15) is 6.04 Å². The normalized spacial score (nSPS) is 11.6. The van der Waals surface area contributed by atoms with Gasteiger partial charge in [-0.25, -0.2) is 0 Å². The van der Waals surface area contributed by atoms with Crippen LogP contribution < -0.4 is 10.6 Å². The third-order valence-electron chi connectivity index (χ3n) is 3.46. The third-order valence-corrected chi connectivity index (χ3v) is 5.33. The fourth-order valence-electron chi connectivity index (χ4n) is 2.15. The first-order valence-corrected chi connectivity index (χ1v) is 10.6. The summed E-state index contributed by atoms with van der Waals surface area (Å²) in [7, 11) is 0. The molecule has 25 heavy (non-hydrogen) atoms. The van der Waals surface area contributed by atoms with Crippen molar-refractivity contribution < 1.29 is 9.59 Å². The summed E-state index contributed by atoms with van der Waals surface area (Å²) in [5.74, 6) is 0.274. The van der Waals surface area contributed by atoms with Gasteiger partial charge in [-0.15, -0.1) is 0 Å². The van der Waals surface area contributed by atoms with Crippen LogP contribution in [0.25, 0.3) is 0 Å². The van der Waals surface area contributed by atoms with Gasteiger partial charge >= 0.3 is 0 Å². The van der Waals surface area contributed by atoms with E-state index < -0.39 is 6.04 Å². The van der Waals surface area contributed by atoms with Crippen LogP contribution in [0.15, 0.2) is 57.5 Å². The highest BCUT2D eigenvalue weighted by Crippen LogP contribution is 2.17. The molecule has 0 radical (unpaired) electrons. The molecule has 0 spiro atoms. The van der Waals surface area contributed by atoms with Gasteiger partial charge in [-0.3, -0.25) is 9.59 Å². The van der Waals surface area contributed by atoms with Gasteiger partial charge in [0.2, 0.25) is 5.91 Å². The van der Waals surface area contributed by atoms with Crippen LogP contribution in [0.1, 0.15) is 16.8 Å². The number of halogens is 2. The lowest BCUT2D eigenvalue weighted by Gasteiger charge is -2.18. The van der Waals surface area contributed by atoms with Crippen molar-refractivity contribution in [2.24, 2.45) is 0 Å². The summed E-state index contributed by atoms with van der Waals surface area (Å²) in [6, 6.07) is 13.9. The lowest BCUT2D eigenvalue weighted by Crippen LogP contribution is -2.44. The van der Waals surface area contributed by atoms with E-state index >= 15 is 0 Å². The molecular formula is C18H18Br2N2O2S. The first-order valence-electron chi connectivity index (χ1n) is 7.62. The first kappa shape index (κ1) is 20.0. The predicted molar refractivity (Wildman–Crippen MR) is 111 cm³/mol. The molecule has 2 N–H and O–H groups in total. The molecule has 2 aromatic rings. The molecule has 4 nitrogen and oxygen atoms in total. The molecule has 0 aliphatic rings. The Balaban J connectivity index is 2.09. The molecule has 0 fully saturated rings. The highest BCUT2D eigenvalue weighted by molar-refractivity contribution is 9.10. The smallest absolute Gasteiger partial charge is 0.253 e. The highest BCUT2D eigenvalue weighted by Gasteiger charge is 2.22. The number of thioether (sulfide) groups is 1. The van der Waals surface area contributed by atoms with Gasteiger partial charge in [-0.2, -0.15) is 11.8 Å². The molecule has 0 aliphatic heterocycles. The van der Waals surface area contributed by atoms with Crippen LogP contribution in [0, 0.1) is 0 Å². The number of anilines is 1. The van der Waals surface area contributed by atoms with Crippen LogP contribution >= 0.6 is 43.6 Å². The molecule has 132 valence electrons. The number of rotatable bonds is 7. The van der Waals surface area contributed by atoms with Crippen molar-refractivity contribution in [1.82, 2.24) is 5.32 Å². The third kappa shape index (κ3) is 6.17. The molecular weight excluding hydrogens is 468 g/mol. The molecule has 2 amide bonds. The summed E-state index contributed by atoms with van der Waals surface area (Å²) < 4.78 is 1.64. The van der Waals surface area contributed by atoms with Crippen LogP contribution in [0.3, 0.4) is 0 Å². The molecule has 2 aromatic carbocycles. The van der Waals surface area contributed by atoms with Gasteiger partial charge in [0.15, 0.2) is 0 Å². The minimum Gasteiger partial charge on any atom is -0.340 e. The zero-order valence-corrected chi connectivity index (χ0v) is 17.6. The number of amides is 2. The summed E-state index contributed by atoms with van der Waals surface area (Å²) in [6.45, 7) is 0. The maximum atomic E-state index is 12.6. The van der Waals surface area contributed by atoms with Gasteiger partial charge in [-0.05, 0) is 70.8 Å². The Morgan fingerprint density at radius 1 is 1.08 bits per heavy atom. The summed E-state index contributed by atoms with van der Waals surface area (Å²) in [6.07, 6.45) is 2.53. The minimum absolute atomic E-state index is 0.225. The zero-order valence-electron chi connectivity index (χ0n) is 13.6. The van der Waals surface area contributed by atoms with Crippen molar-refractivity contribution >= 4 is 61.1 Å². The number of carbonyl (C=O) groups excluding carboxylic acids is 2. The number of nitrogens with one attached hydrogen (secondary N) is 2. The Morgan fingerprint density at radius 2 is 1.76 bits per heavy atom. The monoisotopic (exact) mass is 484 g/mol. The molecule has 2 rings (SSSR count). The molecule has 0 heterocycles. The van der Waals surface area contributed by atoms with Crippen molar-refractivity contribution in [2.45, 2.75) is 12.5 Å². The predicted octanol–water partition coefficient (Wildman–Crippen LogP) is 4.70. The number of hydrogen-bond donors (Lipinski definition) is 2. The van der Waals surface area contributed by atoms with Crippen molar-refractivity contribution in [3.8, 4) is 0 Å². The van der Waals surface area contributed by atoms with E-state index in [9.17, 15) is 9.59 Å². The van der Waals surface area contributed by atoms with Crippen LogP contribution in [0.4, 0.5) is 5.69 Å². The maximum absolute atomic E-state index is 12.6. The Morgan fingerprint density at radius 3 is 2.40 bits per heavy atom. The average Bonchev–Trinajstić information content (AvgIpc) is 2.60. The summed E-state index contributed by atoms with van der Waals surface area (Å²) >= 11 is 8.37. The van der Waals surface area contributed by atoms with Crippen LogP contribution in [0.2, 0.25) is 0 Å². The van der Waals surface area contributed by atoms with E-state index in [0.29, 0.717) is 22.1 Å². The number of hydrogen-bond acceptors (Lipinski definition) is 3. The van der Waals surface area contributed by atoms with Gasteiger partial charge in [0.05, 0.1) is 5.56 Å². The maximum Gasteiger partial charge on any atom is 0.253 e. The van der Waals surface area contributed by atoms with E-state index in [1.807, 2.05) is 36.6 Å². The second-order valence-corrected chi connectivity index (χ2v) is 8.04. The van der Waals surface area contributed by atoms with E-state index in [-0.39, 0.29) is 11.8 Å². The Kier molecular flexibility index (Phi) is 7.99. The van der Waals surface area contributed by atoms with Crippen molar-refractivity contribution in [3.63, 3.8) is 0 Å². The van der Waals surface area contributed by atoms with Gasteiger partial charge < -0.3 is 10.6 Å². The highest BCUT2D eigenvalue weighted by atomic mass is 79.9. The van der Waals surface area contributed by atoms with Crippen molar-refractivity contribution in [2.75, 3.05) is 17.3 Å². The summed E-state index contributed by atoms with van der Waals surface area (Å²) in [4.78, 5) is 25.1. The van der Waals surface area contributed by atoms with Crippen molar-refractivity contribution in [3.05, 3.63) is 63.0 Å². The lowest BCUT2D eigenvalue weighted by atomic mass is 10.1. The largest absolute Gasteiger partial charge is 0.340 e. The van der Waals surface area contributed by atoms with E-state index in [2.05, 4.69) is 42.5 Å². The topological polar surface area (TPSA) is 58.2 Å². The van der Waals surface area contributed by atoms with E-state index in [0.717, 1.165) is 10.2 Å². The molecule has 0 aliphatic carbocycles. The standard InChI is InChI=1S/C18H18Br2N2O2S/c1-25-11-10-16(18(24)21-13-8-6-12(19)7-9-13)22-17(23)14-4-2-3-5-15(14)20/h2-9,16H,10-11H2,1H3,(H,21,24)(H,22,23). The van der Waals surface area contributed by atoms with Gasteiger partial charge in [0.25, 0.3) is 5.91 Å². The number of benzene rings is 2. The molecule has 0 saturated carbocycles. The Labute approximate surface area is 168 Å². The fraction of sp³-hybridized carbons (Fsp3) is 0.222. The summed E-state index contributed by atoms with van der Waals surface area (Å²) in [5, 5.41) is 5.69. The first-order chi connectivity index (χ1) is 12.0. The molecule has 0 aromatic heterocycles. The SMILES string of the molecule is CSCCC(NC(=O)c1ccccc1Br)C(=O)Nc1ccc(Br)cc1. The van der Waals surface area contributed by atoms with Crippen LogP contribution in [0.5, 0.6) is 0 Å². The second kappa shape index (κ2) is 9.99. The molecule has 1 unspecified atom stereocenters. The fourth-order valence-corrected chi connectivity index (χ4v) is 3.35. The van der Waals surface area contributed by atoms with Crippen LogP contribution in [-0.4, -0.2) is 29.9 Å². The molecule has 0 bridgehead atoms. The Hall–Kier alpha value is -1.31. The van der Waals surface area contributed by atoms with E-state index in [1.165, 1.54) is 0 Å². The summed E-state index contributed by atoms with van der Waals surface area (Å²) in [5.41, 5.74) is 1.20. The average molecular weight is 486 g/mol. The number of carbonyl (C=O) groups is 2. The zero-order chi connectivity index (χ0) is 18.2. The molecule has 7 heteroatoms. The second-order valence-electron chi connectivity index (χ2n) is 5.28. The molecule has 1 atom stereocenters. The van der Waals surface area contributed by atoms with Gasteiger partial charge in [-0.1, -0.05) is 28.1 Å². The quantitative estimate of drug-likeness (QED) is 0.597. The molecule has 0 saturated heterocycles. The lowest BCUT2D eigenvalue weighted by molar-refractivity contribution is -0.118. The van der Waals surface area contributed by atoms with E-state index in [4.69, 9.17) is 0 Å². The minimum atomic E-state index is -0.601. The van der Waals surface area contributed by atoms with Crippen LogP contribution in [-0.2, 0) is 4.79 Å².